The molecule has 0 unspecified atom stereocenters. The zero-order valence-corrected chi connectivity index (χ0v) is 16.9. The number of amides is 1. The minimum atomic E-state index is 0.0228. The van der Waals surface area contributed by atoms with Gasteiger partial charge in [-0.1, -0.05) is 29.8 Å². The standard InChI is InChI=1S/C23H28N4O/c1-16-5-10-22(17(2)13-16)26-23(28)14-18(3)25-19(4)20-6-8-21(9-7-20)27-12-11-24-15-27/h5-13,15,18-19,25H,14H2,1-4H3,(H,26,28)/t18-,19+/m1/s1. The molecule has 0 bridgehead atoms. The highest BCUT2D eigenvalue weighted by Gasteiger charge is 2.14. The molecule has 0 aliphatic heterocycles. The lowest BCUT2D eigenvalue weighted by atomic mass is 10.1. The summed E-state index contributed by atoms with van der Waals surface area (Å²) in [5, 5.41) is 6.53. The van der Waals surface area contributed by atoms with Gasteiger partial charge in [0.15, 0.2) is 0 Å². The third kappa shape index (κ3) is 5.08. The minimum Gasteiger partial charge on any atom is -0.326 e. The molecule has 3 aromatic rings. The number of carbonyl (C=O) groups excluding carboxylic acids is 1. The Hall–Kier alpha value is -2.92. The number of imidazole rings is 1. The van der Waals surface area contributed by atoms with Crippen LogP contribution in [-0.2, 0) is 4.79 Å². The van der Waals surface area contributed by atoms with Gasteiger partial charge in [-0.05, 0) is 57.0 Å². The third-order valence-electron chi connectivity index (χ3n) is 4.88. The van der Waals surface area contributed by atoms with Gasteiger partial charge in [0.25, 0.3) is 0 Å². The van der Waals surface area contributed by atoms with Gasteiger partial charge >= 0.3 is 0 Å². The zero-order valence-electron chi connectivity index (χ0n) is 16.9. The summed E-state index contributed by atoms with van der Waals surface area (Å²) in [6.07, 6.45) is 5.90. The van der Waals surface area contributed by atoms with Crippen LogP contribution in [0.4, 0.5) is 5.69 Å². The molecular formula is C23H28N4O. The van der Waals surface area contributed by atoms with Crippen LogP contribution in [-0.4, -0.2) is 21.5 Å². The predicted octanol–water partition coefficient (Wildman–Crippen LogP) is 4.56. The Balaban J connectivity index is 1.53. The van der Waals surface area contributed by atoms with E-state index in [0.29, 0.717) is 6.42 Å². The number of anilines is 1. The predicted molar refractivity (Wildman–Crippen MR) is 114 cm³/mol. The van der Waals surface area contributed by atoms with E-state index in [9.17, 15) is 4.79 Å². The van der Waals surface area contributed by atoms with Crippen LogP contribution in [0.3, 0.4) is 0 Å². The fourth-order valence-electron chi connectivity index (χ4n) is 3.36. The first kappa shape index (κ1) is 19.8. The Bertz CT molecular complexity index is 916. The molecule has 2 atom stereocenters. The van der Waals surface area contributed by atoms with Gasteiger partial charge in [-0.2, -0.15) is 0 Å². The van der Waals surface area contributed by atoms with Gasteiger partial charge < -0.3 is 15.2 Å². The molecule has 2 aromatic carbocycles. The van der Waals surface area contributed by atoms with Crippen LogP contribution in [0.5, 0.6) is 0 Å². The van der Waals surface area contributed by atoms with Crippen molar-refractivity contribution in [3.05, 3.63) is 77.9 Å². The van der Waals surface area contributed by atoms with Crippen molar-refractivity contribution in [2.75, 3.05) is 5.32 Å². The van der Waals surface area contributed by atoms with Gasteiger partial charge in [-0.3, -0.25) is 4.79 Å². The van der Waals surface area contributed by atoms with Gasteiger partial charge in [-0.25, -0.2) is 4.98 Å². The van der Waals surface area contributed by atoms with Gasteiger partial charge in [0, 0.05) is 42.3 Å². The van der Waals surface area contributed by atoms with Crippen molar-refractivity contribution in [3.63, 3.8) is 0 Å². The Kier molecular flexibility index (Phi) is 6.26. The van der Waals surface area contributed by atoms with E-state index in [2.05, 4.69) is 52.9 Å². The Labute approximate surface area is 166 Å². The molecule has 146 valence electrons. The number of hydrogen-bond acceptors (Lipinski definition) is 3. The largest absolute Gasteiger partial charge is 0.326 e. The second-order valence-corrected chi connectivity index (χ2v) is 7.42. The number of hydrogen-bond donors (Lipinski definition) is 2. The van der Waals surface area contributed by atoms with E-state index in [1.807, 2.05) is 43.7 Å². The molecule has 0 aliphatic rings. The first-order chi connectivity index (χ1) is 13.4. The van der Waals surface area contributed by atoms with Crippen molar-refractivity contribution < 1.29 is 4.79 Å². The van der Waals surface area contributed by atoms with Crippen LogP contribution in [0.15, 0.2) is 61.2 Å². The van der Waals surface area contributed by atoms with E-state index in [4.69, 9.17) is 0 Å². The van der Waals surface area contributed by atoms with Crippen molar-refractivity contribution in [1.82, 2.24) is 14.9 Å². The summed E-state index contributed by atoms with van der Waals surface area (Å²) in [7, 11) is 0. The molecular weight excluding hydrogens is 348 g/mol. The summed E-state index contributed by atoms with van der Waals surface area (Å²) in [6, 6.07) is 14.6. The highest BCUT2D eigenvalue weighted by molar-refractivity contribution is 5.91. The topological polar surface area (TPSA) is 59.0 Å². The summed E-state index contributed by atoms with van der Waals surface area (Å²) in [5.41, 5.74) is 5.42. The maximum Gasteiger partial charge on any atom is 0.225 e. The fraction of sp³-hybridized carbons (Fsp3) is 0.304. The van der Waals surface area contributed by atoms with Crippen molar-refractivity contribution >= 4 is 11.6 Å². The van der Waals surface area contributed by atoms with Crippen LogP contribution in [0.2, 0.25) is 0 Å². The van der Waals surface area contributed by atoms with E-state index >= 15 is 0 Å². The average molecular weight is 377 g/mol. The molecule has 3 rings (SSSR count). The normalized spacial score (nSPS) is 13.1. The van der Waals surface area contributed by atoms with Crippen molar-refractivity contribution in [3.8, 4) is 5.69 Å². The fourth-order valence-corrected chi connectivity index (χ4v) is 3.36. The summed E-state index contributed by atoms with van der Waals surface area (Å²) in [6.45, 7) is 8.22. The Morgan fingerprint density at radius 1 is 1.11 bits per heavy atom. The van der Waals surface area contributed by atoms with Crippen LogP contribution < -0.4 is 10.6 Å². The Morgan fingerprint density at radius 2 is 1.86 bits per heavy atom. The molecule has 1 amide bonds. The molecule has 0 radical (unpaired) electrons. The van der Waals surface area contributed by atoms with E-state index in [-0.39, 0.29) is 18.0 Å². The lowest BCUT2D eigenvalue weighted by Crippen LogP contribution is -2.32. The molecule has 0 saturated heterocycles. The van der Waals surface area contributed by atoms with Gasteiger partial charge in [-0.15, -0.1) is 0 Å². The van der Waals surface area contributed by atoms with Crippen LogP contribution >= 0.6 is 0 Å². The van der Waals surface area contributed by atoms with Crippen molar-refractivity contribution in [1.29, 1.82) is 0 Å². The summed E-state index contributed by atoms with van der Waals surface area (Å²) < 4.78 is 1.97. The number of carbonyl (C=O) groups is 1. The maximum absolute atomic E-state index is 12.4. The van der Waals surface area contributed by atoms with E-state index in [0.717, 1.165) is 16.9 Å². The lowest BCUT2D eigenvalue weighted by Gasteiger charge is -2.21. The van der Waals surface area contributed by atoms with E-state index < -0.39 is 0 Å². The molecule has 1 heterocycles. The summed E-state index contributed by atoms with van der Waals surface area (Å²) in [5.74, 6) is 0.0228. The summed E-state index contributed by atoms with van der Waals surface area (Å²) >= 11 is 0. The van der Waals surface area contributed by atoms with E-state index in [1.165, 1.54) is 11.1 Å². The zero-order chi connectivity index (χ0) is 20.1. The quantitative estimate of drug-likeness (QED) is 0.636. The van der Waals surface area contributed by atoms with Crippen LogP contribution in [0.25, 0.3) is 5.69 Å². The average Bonchev–Trinajstić information content (AvgIpc) is 3.18. The molecule has 5 nitrogen and oxygen atoms in total. The first-order valence-electron chi connectivity index (χ1n) is 9.64. The lowest BCUT2D eigenvalue weighted by molar-refractivity contribution is -0.116. The molecule has 2 N–H and O–H groups in total. The number of nitrogens with zero attached hydrogens (tertiary/aromatic N) is 2. The number of aryl methyl sites for hydroxylation is 2. The van der Waals surface area contributed by atoms with Crippen LogP contribution in [0.1, 0.15) is 43.0 Å². The number of nitrogens with one attached hydrogen (secondary N) is 2. The molecule has 1 aromatic heterocycles. The third-order valence-corrected chi connectivity index (χ3v) is 4.88. The van der Waals surface area contributed by atoms with Gasteiger partial charge in [0.2, 0.25) is 5.91 Å². The maximum atomic E-state index is 12.4. The first-order valence-corrected chi connectivity index (χ1v) is 9.64. The van der Waals surface area contributed by atoms with Gasteiger partial charge in [0.05, 0.1) is 6.33 Å². The second-order valence-electron chi connectivity index (χ2n) is 7.42. The molecule has 0 fully saturated rings. The molecule has 28 heavy (non-hydrogen) atoms. The molecule has 0 saturated carbocycles. The number of rotatable bonds is 7. The Morgan fingerprint density at radius 3 is 2.50 bits per heavy atom. The molecule has 0 spiro atoms. The number of benzene rings is 2. The van der Waals surface area contributed by atoms with E-state index in [1.54, 1.807) is 12.5 Å². The van der Waals surface area contributed by atoms with Crippen LogP contribution in [0, 0.1) is 13.8 Å². The van der Waals surface area contributed by atoms with Gasteiger partial charge in [0.1, 0.15) is 0 Å². The number of aromatic nitrogens is 2. The minimum absolute atomic E-state index is 0.0228. The smallest absolute Gasteiger partial charge is 0.225 e. The SMILES string of the molecule is Cc1ccc(NC(=O)C[C@@H](C)N[C@@H](C)c2ccc(-n3ccnc3)cc2)c(C)c1. The van der Waals surface area contributed by atoms with Crippen molar-refractivity contribution in [2.24, 2.45) is 0 Å². The molecule has 5 heteroatoms. The highest BCUT2D eigenvalue weighted by atomic mass is 16.1. The monoisotopic (exact) mass is 376 g/mol. The molecule has 0 aliphatic carbocycles. The second kappa shape index (κ2) is 8.85. The summed E-state index contributed by atoms with van der Waals surface area (Å²) in [4.78, 5) is 16.5. The van der Waals surface area contributed by atoms with Crippen molar-refractivity contribution in [2.45, 2.75) is 46.2 Å². The highest BCUT2D eigenvalue weighted by Crippen LogP contribution is 2.18.